The fraction of sp³-hybridized carbons (Fsp3) is 0.714. The van der Waals surface area contributed by atoms with Gasteiger partial charge in [-0.1, -0.05) is 19.6 Å². The number of likely N-dealkylation sites (tertiary alicyclic amines) is 1. The molecule has 8 nitrogen and oxygen atoms in total. The summed E-state index contributed by atoms with van der Waals surface area (Å²) in [5.74, 6) is -0.404. The molecule has 0 atom stereocenters. The van der Waals surface area contributed by atoms with Gasteiger partial charge in [0, 0.05) is 47.9 Å². The Morgan fingerprint density at radius 3 is 2.21 bits per heavy atom. The summed E-state index contributed by atoms with van der Waals surface area (Å²) < 4.78 is 29.5. The van der Waals surface area contributed by atoms with Gasteiger partial charge in [0.1, 0.15) is 23.7 Å². The molecule has 1 aromatic carbocycles. The number of amides is 1. The zero-order valence-corrected chi connectivity index (χ0v) is 25.2. The monoisotopic (exact) mass is 548 g/mol. The van der Waals surface area contributed by atoms with Gasteiger partial charge in [-0.05, 0) is 70.0 Å². The maximum atomic E-state index is 15.1. The van der Waals surface area contributed by atoms with Crippen LogP contribution in [0.2, 0.25) is 25.7 Å². The first-order chi connectivity index (χ1) is 17.7. The van der Waals surface area contributed by atoms with Crippen LogP contribution in [0.1, 0.15) is 46.5 Å². The maximum Gasteiger partial charge on any atom is 0.410 e. The summed E-state index contributed by atoms with van der Waals surface area (Å²) in [5.41, 5.74) is 1.28. The summed E-state index contributed by atoms with van der Waals surface area (Å²) in [7, 11) is 0.452. The standard InChI is InChI=1S/C28H45FN4O4Si/c1-27(2,3)37-26(35)32-16-12-28(13-17-32)10-14-31(15-11-28)22-9-8-21(29)23-24(22)30(4)25(34)33(23)20-36-18-19-38(5,6)7/h8-9H,10-20H2,1-7H3. The number of piperidine rings is 2. The van der Waals surface area contributed by atoms with Crippen LogP contribution in [0.3, 0.4) is 0 Å². The smallest absolute Gasteiger partial charge is 0.410 e. The first-order valence-electron chi connectivity index (χ1n) is 13.9. The highest BCUT2D eigenvalue weighted by atomic mass is 28.3. The van der Waals surface area contributed by atoms with Crippen LogP contribution >= 0.6 is 0 Å². The number of halogens is 1. The molecule has 1 spiro atoms. The van der Waals surface area contributed by atoms with Crippen LogP contribution in [0.4, 0.5) is 14.9 Å². The van der Waals surface area contributed by atoms with Gasteiger partial charge in [-0.15, -0.1) is 0 Å². The largest absolute Gasteiger partial charge is 0.444 e. The van der Waals surface area contributed by atoms with E-state index in [-0.39, 0.29) is 23.9 Å². The van der Waals surface area contributed by atoms with E-state index >= 15 is 4.39 Å². The molecule has 2 fully saturated rings. The average Bonchev–Trinajstić information content (AvgIpc) is 3.08. The number of fused-ring (bicyclic) bond motifs is 1. The van der Waals surface area contributed by atoms with Crippen molar-refractivity contribution in [1.82, 2.24) is 14.0 Å². The Morgan fingerprint density at radius 1 is 1.03 bits per heavy atom. The minimum atomic E-state index is -1.26. The van der Waals surface area contributed by atoms with Gasteiger partial charge in [0.05, 0.1) is 11.2 Å². The predicted octanol–water partition coefficient (Wildman–Crippen LogP) is 5.41. The Bertz CT molecular complexity index is 1210. The molecular formula is C28H45FN4O4Si. The van der Waals surface area contributed by atoms with Crippen molar-refractivity contribution in [3.8, 4) is 0 Å². The Labute approximate surface area is 226 Å². The Hall–Kier alpha value is -2.33. The number of rotatable bonds is 6. The molecule has 212 valence electrons. The lowest BCUT2D eigenvalue weighted by molar-refractivity contribution is 0.00666. The summed E-state index contributed by atoms with van der Waals surface area (Å²) in [6.45, 7) is 16.2. The van der Waals surface area contributed by atoms with E-state index in [0.717, 1.165) is 50.5 Å². The first-order valence-corrected chi connectivity index (χ1v) is 17.6. The van der Waals surface area contributed by atoms with E-state index in [1.54, 1.807) is 17.7 Å². The van der Waals surface area contributed by atoms with Gasteiger partial charge >= 0.3 is 11.8 Å². The van der Waals surface area contributed by atoms with Gasteiger partial charge in [0.2, 0.25) is 0 Å². The van der Waals surface area contributed by atoms with Gasteiger partial charge in [-0.2, -0.15) is 0 Å². The highest BCUT2D eigenvalue weighted by Gasteiger charge is 2.40. The molecule has 0 unspecified atom stereocenters. The van der Waals surface area contributed by atoms with Crippen molar-refractivity contribution in [2.45, 2.75) is 84.5 Å². The molecule has 1 amide bonds. The van der Waals surface area contributed by atoms with Crippen molar-refractivity contribution in [1.29, 1.82) is 0 Å². The number of aromatic nitrogens is 2. The molecule has 2 saturated heterocycles. The van der Waals surface area contributed by atoms with E-state index in [1.165, 1.54) is 10.6 Å². The van der Waals surface area contributed by atoms with Crippen molar-refractivity contribution in [3.05, 3.63) is 28.4 Å². The number of carbonyl (C=O) groups is 1. The van der Waals surface area contributed by atoms with E-state index in [9.17, 15) is 9.59 Å². The number of hydrogen-bond donors (Lipinski definition) is 0. The van der Waals surface area contributed by atoms with Crippen molar-refractivity contribution >= 4 is 30.9 Å². The maximum absolute atomic E-state index is 15.1. The number of benzene rings is 1. The summed E-state index contributed by atoms with van der Waals surface area (Å²) in [6.07, 6.45) is 3.70. The predicted molar refractivity (Wildman–Crippen MR) is 152 cm³/mol. The fourth-order valence-corrected chi connectivity index (χ4v) is 6.38. The number of anilines is 1. The van der Waals surface area contributed by atoms with Crippen LogP contribution in [-0.4, -0.2) is 66.6 Å². The zero-order chi connectivity index (χ0) is 27.9. The molecular weight excluding hydrogens is 503 g/mol. The molecule has 0 saturated carbocycles. The van der Waals surface area contributed by atoms with Crippen LogP contribution in [0.25, 0.3) is 11.0 Å². The van der Waals surface area contributed by atoms with Crippen molar-refractivity contribution in [3.63, 3.8) is 0 Å². The van der Waals surface area contributed by atoms with Crippen LogP contribution < -0.4 is 10.6 Å². The van der Waals surface area contributed by atoms with E-state index in [4.69, 9.17) is 9.47 Å². The molecule has 0 bridgehead atoms. The SMILES string of the molecule is Cn1c(=O)n(COCC[Si](C)(C)C)c2c(F)ccc(N3CCC4(CCN(C(=O)OC(C)(C)C)CC4)CC3)c21. The van der Waals surface area contributed by atoms with E-state index < -0.39 is 19.5 Å². The number of nitrogens with zero attached hydrogens (tertiary/aromatic N) is 4. The Kier molecular flexibility index (Phi) is 8.05. The molecule has 0 radical (unpaired) electrons. The van der Waals surface area contributed by atoms with Crippen LogP contribution in [-0.2, 0) is 23.3 Å². The molecule has 10 heteroatoms. The van der Waals surface area contributed by atoms with Crippen LogP contribution in [0, 0.1) is 11.2 Å². The third kappa shape index (κ3) is 6.27. The highest BCUT2D eigenvalue weighted by Crippen LogP contribution is 2.43. The molecule has 38 heavy (non-hydrogen) atoms. The van der Waals surface area contributed by atoms with Gasteiger partial charge in [-0.3, -0.25) is 9.13 Å². The number of ether oxygens (including phenoxy) is 2. The minimum absolute atomic E-state index is 0.0539. The highest BCUT2D eigenvalue weighted by molar-refractivity contribution is 6.76. The third-order valence-electron chi connectivity index (χ3n) is 8.06. The topological polar surface area (TPSA) is 68.9 Å². The molecule has 3 heterocycles. The fourth-order valence-electron chi connectivity index (χ4n) is 5.63. The third-order valence-corrected chi connectivity index (χ3v) is 9.77. The summed E-state index contributed by atoms with van der Waals surface area (Å²) in [6, 6.07) is 4.27. The molecule has 2 aromatic rings. The van der Waals surface area contributed by atoms with Crippen molar-refractivity contribution in [2.75, 3.05) is 37.7 Å². The van der Waals surface area contributed by atoms with Gasteiger partial charge < -0.3 is 19.3 Å². The number of hydrogen-bond acceptors (Lipinski definition) is 5. The average molecular weight is 549 g/mol. The first kappa shape index (κ1) is 28.7. The Morgan fingerprint density at radius 2 is 1.63 bits per heavy atom. The lowest BCUT2D eigenvalue weighted by Crippen LogP contribution is -2.49. The molecule has 0 N–H and O–H groups in total. The summed E-state index contributed by atoms with van der Waals surface area (Å²) in [5, 5.41) is 0. The van der Waals surface area contributed by atoms with E-state index in [1.807, 2.05) is 25.7 Å². The van der Waals surface area contributed by atoms with E-state index in [0.29, 0.717) is 30.7 Å². The van der Waals surface area contributed by atoms with Gasteiger partial charge in [-0.25, -0.2) is 14.0 Å². The number of carbonyl (C=O) groups excluding carboxylic acids is 1. The lowest BCUT2D eigenvalue weighted by atomic mass is 9.71. The number of aryl methyl sites for hydroxylation is 1. The summed E-state index contributed by atoms with van der Waals surface area (Å²) >= 11 is 0. The molecule has 2 aliphatic rings. The second-order valence-electron chi connectivity index (χ2n) is 13.3. The zero-order valence-electron chi connectivity index (χ0n) is 24.2. The second-order valence-corrected chi connectivity index (χ2v) is 19.0. The molecule has 4 rings (SSSR count). The van der Waals surface area contributed by atoms with Crippen LogP contribution in [0.5, 0.6) is 0 Å². The molecule has 2 aliphatic heterocycles. The number of imidazole rings is 1. The van der Waals surface area contributed by atoms with Crippen LogP contribution in [0.15, 0.2) is 16.9 Å². The van der Waals surface area contributed by atoms with Crippen molar-refractivity contribution in [2.24, 2.45) is 12.5 Å². The summed E-state index contributed by atoms with van der Waals surface area (Å²) in [4.78, 5) is 29.7. The Balaban J connectivity index is 1.45. The normalized spacial score (nSPS) is 18.4. The quantitative estimate of drug-likeness (QED) is 0.357. The lowest BCUT2D eigenvalue weighted by Gasteiger charge is -2.47. The van der Waals surface area contributed by atoms with Crippen molar-refractivity contribution < 1.29 is 18.7 Å². The van der Waals surface area contributed by atoms with Gasteiger partial charge in [0.15, 0.2) is 0 Å². The minimum Gasteiger partial charge on any atom is -0.444 e. The van der Waals surface area contributed by atoms with Gasteiger partial charge in [0.25, 0.3) is 0 Å². The molecule has 1 aromatic heterocycles. The van der Waals surface area contributed by atoms with E-state index in [2.05, 4.69) is 24.5 Å². The second kappa shape index (κ2) is 10.7. The molecule has 0 aliphatic carbocycles.